The first-order valence-corrected chi connectivity index (χ1v) is 5.94. The largest absolute Gasteiger partial charge is 0.399 e. The molecule has 2 N–H and O–H groups in total. The number of halogens is 1. The van der Waals surface area contributed by atoms with E-state index in [1.807, 2.05) is 18.2 Å². The van der Waals surface area contributed by atoms with Crippen LogP contribution in [0.2, 0.25) is 0 Å². The number of hydrogen-bond acceptors (Lipinski definition) is 3. The highest BCUT2D eigenvalue weighted by atomic mass is 79.9. The first kappa shape index (κ1) is 10.8. The average Bonchev–Trinajstić information content (AvgIpc) is 2.23. The Labute approximate surface area is 99.0 Å². The Morgan fingerprint density at radius 1 is 1.20 bits per heavy atom. The fourth-order valence-corrected chi connectivity index (χ4v) is 2.32. The van der Waals surface area contributed by atoms with Crippen molar-refractivity contribution < 1.29 is 0 Å². The van der Waals surface area contributed by atoms with E-state index < -0.39 is 0 Å². The van der Waals surface area contributed by atoms with Crippen LogP contribution in [0.4, 0.5) is 11.4 Å². The summed E-state index contributed by atoms with van der Waals surface area (Å²) in [6.45, 7) is 4.36. The van der Waals surface area contributed by atoms with Gasteiger partial charge >= 0.3 is 0 Å². The predicted molar refractivity (Wildman–Crippen MR) is 68.3 cm³/mol. The standard InChI is InChI=1S/C11H16BrN3/c1-14-4-6-15(7-5-14)11-8-9(13)2-3-10(11)12/h2-3,8H,4-7,13H2,1H3. The van der Waals surface area contributed by atoms with E-state index in [1.54, 1.807) is 0 Å². The normalized spacial score (nSPS) is 18.1. The fourth-order valence-electron chi connectivity index (χ4n) is 1.82. The third kappa shape index (κ3) is 2.44. The van der Waals surface area contributed by atoms with Gasteiger partial charge in [-0.3, -0.25) is 0 Å². The quantitative estimate of drug-likeness (QED) is 0.790. The summed E-state index contributed by atoms with van der Waals surface area (Å²) < 4.78 is 1.13. The number of hydrogen-bond donors (Lipinski definition) is 1. The van der Waals surface area contributed by atoms with E-state index in [9.17, 15) is 0 Å². The SMILES string of the molecule is CN1CCN(c2cc(N)ccc2Br)CC1. The molecule has 1 aliphatic rings. The molecule has 4 heteroatoms. The molecular formula is C11H16BrN3. The Balaban J connectivity index is 2.18. The van der Waals surface area contributed by atoms with E-state index in [1.165, 1.54) is 5.69 Å². The Hall–Kier alpha value is -0.740. The summed E-state index contributed by atoms with van der Waals surface area (Å²) in [5.41, 5.74) is 7.84. The average molecular weight is 270 g/mol. The van der Waals surface area contributed by atoms with Gasteiger partial charge in [0.1, 0.15) is 0 Å². The first-order chi connectivity index (χ1) is 7.16. The van der Waals surface area contributed by atoms with E-state index in [-0.39, 0.29) is 0 Å². The number of piperazine rings is 1. The summed E-state index contributed by atoms with van der Waals surface area (Å²) in [5, 5.41) is 0. The zero-order valence-corrected chi connectivity index (χ0v) is 10.5. The van der Waals surface area contributed by atoms with Gasteiger partial charge < -0.3 is 15.5 Å². The van der Waals surface area contributed by atoms with Gasteiger partial charge in [-0.2, -0.15) is 0 Å². The molecule has 0 saturated carbocycles. The summed E-state index contributed by atoms with van der Waals surface area (Å²) in [5.74, 6) is 0. The molecule has 1 heterocycles. The maximum absolute atomic E-state index is 5.80. The van der Waals surface area contributed by atoms with Gasteiger partial charge in [0, 0.05) is 36.3 Å². The van der Waals surface area contributed by atoms with Crippen LogP contribution in [0.25, 0.3) is 0 Å². The van der Waals surface area contributed by atoms with Gasteiger partial charge in [0.15, 0.2) is 0 Å². The minimum Gasteiger partial charge on any atom is -0.399 e. The Morgan fingerprint density at radius 2 is 1.87 bits per heavy atom. The number of nitrogen functional groups attached to an aromatic ring is 1. The first-order valence-electron chi connectivity index (χ1n) is 5.15. The Morgan fingerprint density at radius 3 is 2.53 bits per heavy atom. The molecule has 0 atom stereocenters. The molecule has 2 rings (SSSR count). The minimum absolute atomic E-state index is 0.826. The van der Waals surface area contributed by atoms with E-state index in [4.69, 9.17) is 5.73 Å². The van der Waals surface area contributed by atoms with Gasteiger partial charge in [0.2, 0.25) is 0 Å². The topological polar surface area (TPSA) is 32.5 Å². The van der Waals surface area contributed by atoms with Crippen LogP contribution in [0.5, 0.6) is 0 Å². The smallest absolute Gasteiger partial charge is 0.0532 e. The molecule has 1 aromatic carbocycles. The van der Waals surface area contributed by atoms with Gasteiger partial charge in [-0.1, -0.05) is 0 Å². The van der Waals surface area contributed by atoms with Crippen molar-refractivity contribution in [1.29, 1.82) is 0 Å². The number of benzene rings is 1. The fraction of sp³-hybridized carbons (Fsp3) is 0.455. The highest BCUT2D eigenvalue weighted by molar-refractivity contribution is 9.10. The lowest BCUT2D eigenvalue weighted by Crippen LogP contribution is -2.44. The maximum atomic E-state index is 5.80. The van der Waals surface area contributed by atoms with Crippen molar-refractivity contribution in [2.45, 2.75) is 0 Å². The molecule has 0 spiro atoms. The number of nitrogens with zero attached hydrogens (tertiary/aromatic N) is 2. The van der Waals surface area contributed by atoms with Crippen LogP contribution >= 0.6 is 15.9 Å². The van der Waals surface area contributed by atoms with Crippen molar-refractivity contribution in [3.05, 3.63) is 22.7 Å². The number of anilines is 2. The van der Waals surface area contributed by atoms with E-state index in [0.29, 0.717) is 0 Å². The molecule has 0 aromatic heterocycles. The lowest BCUT2D eigenvalue weighted by molar-refractivity contribution is 0.313. The molecule has 1 aliphatic heterocycles. The second-order valence-corrected chi connectivity index (χ2v) is 4.86. The molecule has 15 heavy (non-hydrogen) atoms. The molecule has 0 aliphatic carbocycles. The van der Waals surface area contributed by atoms with Crippen LogP contribution in [-0.4, -0.2) is 38.1 Å². The van der Waals surface area contributed by atoms with E-state index >= 15 is 0 Å². The number of nitrogens with two attached hydrogens (primary N) is 1. The molecule has 82 valence electrons. The predicted octanol–water partition coefficient (Wildman–Crippen LogP) is 1.78. The van der Waals surface area contributed by atoms with Gasteiger partial charge in [-0.05, 0) is 41.2 Å². The number of likely N-dealkylation sites (N-methyl/N-ethyl adjacent to an activating group) is 1. The van der Waals surface area contributed by atoms with Crippen molar-refractivity contribution in [2.75, 3.05) is 43.9 Å². The summed E-state index contributed by atoms with van der Waals surface area (Å²) in [6.07, 6.45) is 0. The van der Waals surface area contributed by atoms with Gasteiger partial charge in [-0.25, -0.2) is 0 Å². The van der Waals surface area contributed by atoms with Gasteiger partial charge in [-0.15, -0.1) is 0 Å². The number of rotatable bonds is 1. The van der Waals surface area contributed by atoms with E-state index in [2.05, 4.69) is 32.8 Å². The lowest BCUT2D eigenvalue weighted by Gasteiger charge is -2.34. The zero-order valence-electron chi connectivity index (χ0n) is 8.91. The van der Waals surface area contributed by atoms with Crippen LogP contribution < -0.4 is 10.6 Å². The zero-order chi connectivity index (χ0) is 10.8. The summed E-state index contributed by atoms with van der Waals surface area (Å²) in [4.78, 5) is 4.72. The molecule has 1 aromatic rings. The third-order valence-electron chi connectivity index (χ3n) is 2.81. The van der Waals surface area contributed by atoms with Crippen LogP contribution in [0.1, 0.15) is 0 Å². The van der Waals surface area contributed by atoms with Crippen LogP contribution in [0, 0.1) is 0 Å². The molecule has 0 amide bonds. The van der Waals surface area contributed by atoms with Crippen molar-refractivity contribution >= 4 is 27.3 Å². The van der Waals surface area contributed by atoms with Crippen LogP contribution in [-0.2, 0) is 0 Å². The Kier molecular flexibility index (Phi) is 3.17. The van der Waals surface area contributed by atoms with Gasteiger partial charge in [0.25, 0.3) is 0 Å². The molecule has 3 nitrogen and oxygen atoms in total. The van der Waals surface area contributed by atoms with Crippen molar-refractivity contribution in [3.63, 3.8) is 0 Å². The Bertz CT molecular complexity index is 346. The van der Waals surface area contributed by atoms with Crippen molar-refractivity contribution in [1.82, 2.24) is 4.90 Å². The maximum Gasteiger partial charge on any atom is 0.0532 e. The second-order valence-electron chi connectivity index (χ2n) is 4.00. The minimum atomic E-state index is 0.826. The highest BCUT2D eigenvalue weighted by Gasteiger charge is 2.16. The van der Waals surface area contributed by atoms with Crippen molar-refractivity contribution in [3.8, 4) is 0 Å². The molecule has 1 saturated heterocycles. The molecular weight excluding hydrogens is 254 g/mol. The van der Waals surface area contributed by atoms with Gasteiger partial charge in [0.05, 0.1) is 5.69 Å². The molecule has 1 fully saturated rings. The third-order valence-corrected chi connectivity index (χ3v) is 3.48. The van der Waals surface area contributed by atoms with Crippen LogP contribution in [0.3, 0.4) is 0 Å². The molecule has 0 unspecified atom stereocenters. The van der Waals surface area contributed by atoms with Crippen LogP contribution in [0.15, 0.2) is 22.7 Å². The summed E-state index contributed by atoms with van der Waals surface area (Å²) in [7, 11) is 2.16. The molecule has 0 radical (unpaired) electrons. The highest BCUT2D eigenvalue weighted by Crippen LogP contribution is 2.28. The summed E-state index contributed by atoms with van der Waals surface area (Å²) in [6, 6.07) is 5.97. The second kappa shape index (κ2) is 4.41. The summed E-state index contributed by atoms with van der Waals surface area (Å²) >= 11 is 3.57. The molecule has 0 bridgehead atoms. The monoisotopic (exact) mass is 269 g/mol. The lowest BCUT2D eigenvalue weighted by atomic mass is 10.2. The van der Waals surface area contributed by atoms with E-state index in [0.717, 1.165) is 36.3 Å². The van der Waals surface area contributed by atoms with Crippen molar-refractivity contribution in [2.24, 2.45) is 0 Å².